The van der Waals surface area contributed by atoms with Gasteiger partial charge in [0.15, 0.2) is 5.11 Å². The molecule has 0 aromatic heterocycles. The van der Waals surface area contributed by atoms with Crippen LogP contribution in [0.1, 0.15) is 56.3 Å². The molecule has 1 aliphatic carbocycles. The summed E-state index contributed by atoms with van der Waals surface area (Å²) in [6.45, 7) is 3.61. The zero-order valence-electron chi connectivity index (χ0n) is 14.1. The van der Waals surface area contributed by atoms with Crippen LogP contribution in [-0.4, -0.2) is 23.1 Å². The van der Waals surface area contributed by atoms with Crippen molar-refractivity contribution in [2.24, 2.45) is 5.92 Å². The van der Waals surface area contributed by atoms with Crippen molar-refractivity contribution in [1.29, 1.82) is 0 Å². The van der Waals surface area contributed by atoms with Gasteiger partial charge in [0, 0.05) is 11.6 Å². The van der Waals surface area contributed by atoms with Crippen molar-refractivity contribution in [2.45, 2.75) is 52.1 Å². The van der Waals surface area contributed by atoms with Crippen LogP contribution in [-0.2, 0) is 9.53 Å². The molecule has 6 heteroatoms. The monoisotopic (exact) mass is 348 g/mol. The zero-order chi connectivity index (χ0) is 17.5. The molecule has 2 rings (SSSR count). The highest BCUT2D eigenvalue weighted by molar-refractivity contribution is 7.80. The van der Waals surface area contributed by atoms with Crippen molar-refractivity contribution in [2.75, 3.05) is 5.32 Å². The lowest BCUT2D eigenvalue weighted by Crippen LogP contribution is -2.38. The molecule has 24 heavy (non-hydrogen) atoms. The number of rotatable bonds is 4. The smallest absolute Gasteiger partial charge is 0.338 e. The minimum atomic E-state index is -0.357. The molecular formula is C18H24N2O3S. The second kappa shape index (κ2) is 8.78. The molecule has 1 aromatic rings. The fourth-order valence-corrected chi connectivity index (χ4v) is 2.93. The third-order valence-electron chi connectivity index (χ3n) is 3.93. The average molecular weight is 348 g/mol. The maximum Gasteiger partial charge on any atom is 0.338 e. The summed E-state index contributed by atoms with van der Waals surface area (Å²) in [7, 11) is 0. The average Bonchev–Trinajstić information content (AvgIpc) is 2.55. The lowest BCUT2D eigenvalue weighted by Gasteiger charge is -2.21. The van der Waals surface area contributed by atoms with Crippen LogP contribution in [0.3, 0.4) is 0 Å². The number of anilines is 1. The number of nitrogens with one attached hydrogen (secondary N) is 2. The minimum absolute atomic E-state index is 0.00988. The van der Waals surface area contributed by atoms with E-state index in [9.17, 15) is 9.59 Å². The normalized spacial score (nSPS) is 15.0. The molecule has 2 N–H and O–H groups in total. The third-order valence-corrected chi connectivity index (χ3v) is 4.14. The van der Waals surface area contributed by atoms with Gasteiger partial charge < -0.3 is 15.4 Å². The zero-order valence-corrected chi connectivity index (χ0v) is 14.9. The van der Waals surface area contributed by atoms with E-state index in [1.165, 1.54) is 6.42 Å². The number of carbonyl (C=O) groups is 2. The van der Waals surface area contributed by atoms with Crippen molar-refractivity contribution >= 4 is 34.9 Å². The molecule has 1 aliphatic rings. The number of benzene rings is 1. The van der Waals surface area contributed by atoms with Crippen LogP contribution in [0.25, 0.3) is 0 Å². The largest absolute Gasteiger partial charge is 0.459 e. The maximum absolute atomic E-state index is 12.1. The highest BCUT2D eigenvalue weighted by atomic mass is 32.1. The molecule has 0 spiro atoms. The summed E-state index contributed by atoms with van der Waals surface area (Å²) in [5, 5.41) is 6.00. The van der Waals surface area contributed by atoms with Crippen LogP contribution >= 0.6 is 12.2 Å². The molecule has 0 radical (unpaired) electrons. The first-order chi connectivity index (χ1) is 11.5. The Balaban J connectivity index is 1.85. The lowest BCUT2D eigenvalue weighted by molar-refractivity contribution is -0.124. The van der Waals surface area contributed by atoms with Gasteiger partial charge in [-0.05, 0) is 63.2 Å². The summed E-state index contributed by atoms with van der Waals surface area (Å²) in [5.74, 6) is -0.305. The first-order valence-electron chi connectivity index (χ1n) is 8.38. The summed E-state index contributed by atoms with van der Waals surface area (Å²) in [5.41, 5.74) is 1.19. The first-order valence-corrected chi connectivity index (χ1v) is 8.79. The number of carbonyl (C=O) groups excluding carboxylic acids is 2. The molecular weight excluding hydrogens is 324 g/mol. The molecule has 0 unspecified atom stereocenters. The van der Waals surface area contributed by atoms with Gasteiger partial charge in [-0.3, -0.25) is 4.79 Å². The van der Waals surface area contributed by atoms with Crippen molar-refractivity contribution in [1.82, 2.24) is 5.32 Å². The van der Waals surface area contributed by atoms with Gasteiger partial charge in [-0.15, -0.1) is 0 Å². The number of ether oxygens (including phenoxy) is 1. The number of thiocarbonyl (C=S) groups is 1. The van der Waals surface area contributed by atoms with Crippen LogP contribution in [0, 0.1) is 5.92 Å². The molecule has 1 fully saturated rings. The van der Waals surface area contributed by atoms with Crippen LogP contribution in [0.15, 0.2) is 24.3 Å². The Kier molecular flexibility index (Phi) is 6.73. The SMILES string of the molecule is CC(C)OC(=O)c1ccc(NC(=S)NC(=O)C2CCCCC2)cc1. The van der Waals surface area contributed by atoms with E-state index in [1.54, 1.807) is 38.1 Å². The number of hydrogen-bond acceptors (Lipinski definition) is 4. The van der Waals surface area contributed by atoms with Crippen LogP contribution in [0.2, 0.25) is 0 Å². The minimum Gasteiger partial charge on any atom is -0.459 e. The highest BCUT2D eigenvalue weighted by Crippen LogP contribution is 2.23. The molecule has 0 atom stereocenters. The van der Waals surface area contributed by atoms with Gasteiger partial charge in [-0.25, -0.2) is 4.79 Å². The topological polar surface area (TPSA) is 67.4 Å². The van der Waals surface area contributed by atoms with E-state index in [2.05, 4.69) is 10.6 Å². The fraction of sp³-hybridized carbons (Fsp3) is 0.500. The van der Waals surface area contributed by atoms with E-state index < -0.39 is 0 Å². The second-order valence-corrected chi connectivity index (χ2v) is 6.72. The number of hydrogen-bond donors (Lipinski definition) is 2. The Bertz CT molecular complexity index is 593. The lowest BCUT2D eigenvalue weighted by atomic mass is 9.89. The van der Waals surface area contributed by atoms with Gasteiger partial charge in [-0.2, -0.15) is 0 Å². The summed E-state index contributed by atoms with van der Waals surface area (Å²) >= 11 is 5.19. The third kappa shape index (κ3) is 5.60. The van der Waals surface area contributed by atoms with E-state index in [1.807, 2.05) is 0 Å². The van der Waals surface area contributed by atoms with Crippen molar-refractivity contribution in [3.05, 3.63) is 29.8 Å². The molecule has 0 bridgehead atoms. The number of esters is 1. The van der Waals surface area contributed by atoms with Gasteiger partial charge >= 0.3 is 5.97 Å². The Morgan fingerprint density at radius 1 is 1.12 bits per heavy atom. The summed E-state index contributed by atoms with van der Waals surface area (Å²) in [6.07, 6.45) is 5.12. The highest BCUT2D eigenvalue weighted by Gasteiger charge is 2.21. The Hall–Kier alpha value is -1.95. The predicted octanol–water partition coefficient (Wildman–Crippen LogP) is 3.65. The van der Waals surface area contributed by atoms with Crippen molar-refractivity contribution in [3.8, 4) is 0 Å². The van der Waals surface area contributed by atoms with Gasteiger partial charge in [0.1, 0.15) is 0 Å². The second-order valence-electron chi connectivity index (χ2n) is 6.31. The Morgan fingerprint density at radius 3 is 2.33 bits per heavy atom. The predicted molar refractivity (Wildman–Crippen MR) is 97.9 cm³/mol. The van der Waals surface area contributed by atoms with Crippen molar-refractivity contribution < 1.29 is 14.3 Å². The van der Waals surface area contributed by atoms with E-state index in [0.29, 0.717) is 11.3 Å². The van der Waals surface area contributed by atoms with E-state index >= 15 is 0 Å². The van der Waals surface area contributed by atoms with Crippen LogP contribution < -0.4 is 10.6 Å². The van der Waals surface area contributed by atoms with Crippen LogP contribution in [0.5, 0.6) is 0 Å². The number of amides is 1. The van der Waals surface area contributed by atoms with Gasteiger partial charge in [0.2, 0.25) is 5.91 Å². The summed E-state index contributed by atoms with van der Waals surface area (Å²) < 4.78 is 5.13. The quantitative estimate of drug-likeness (QED) is 0.642. The Morgan fingerprint density at radius 2 is 1.75 bits per heavy atom. The standard InChI is InChI=1S/C18H24N2O3S/c1-12(2)23-17(22)14-8-10-15(11-9-14)19-18(24)20-16(21)13-6-4-3-5-7-13/h8-13H,3-7H2,1-2H3,(H2,19,20,21,24). The van der Waals surface area contributed by atoms with Crippen LogP contribution in [0.4, 0.5) is 5.69 Å². The molecule has 1 amide bonds. The molecule has 1 aromatic carbocycles. The summed E-state index contributed by atoms with van der Waals surface area (Å²) in [4.78, 5) is 23.9. The van der Waals surface area contributed by atoms with Gasteiger partial charge in [0.25, 0.3) is 0 Å². The summed E-state index contributed by atoms with van der Waals surface area (Å²) in [6, 6.07) is 6.79. The van der Waals surface area contributed by atoms with E-state index in [0.717, 1.165) is 25.7 Å². The van der Waals surface area contributed by atoms with Gasteiger partial charge in [0.05, 0.1) is 11.7 Å². The molecule has 0 heterocycles. The van der Waals surface area contributed by atoms with Gasteiger partial charge in [-0.1, -0.05) is 19.3 Å². The van der Waals surface area contributed by atoms with E-state index in [-0.39, 0.29) is 29.0 Å². The molecule has 130 valence electrons. The molecule has 1 saturated carbocycles. The molecule has 5 nitrogen and oxygen atoms in total. The fourth-order valence-electron chi connectivity index (χ4n) is 2.71. The first kappa shape index (κ1) is 18.4. The maximum atomic E-state index is 12.1. The Labute approximate surface area is 148 Å². The van der Waals surface area contributed by atoms with E-state index in [4.69, 9.17) is 17.0 Å². The molecule has 0 saturated heterocycles. The van der Waals surface area contributed by atoms with Crippen molar-refractivity contribution in [3.63, 3.8) is 0 Å². The molecule has 0 aliphatic heterocycles.